The number of aliphatic carboxylic acids is 4. The number of carboxylic acids is 4. The van der Waals surface area contributed by atoms with E-state index in [1.807, 2.05) is 49.1 Å². The predicted octanol–water partition coefficient (Wildman–Crippen LogP) is -2.87. The summed E-state index contributed by atoms with van der Waals surface area (Å²) in [5.74, 6) is -8.02. The molecule has 26 heavy (non-hydrogen) atoms. The Hall–Kier alpha value is -4.08. The Morgan fingerprint density at radius 1 is 0.692 bits per heavy atom. The van der Waals surface area contributed by atoms with E-state index in [1.54, 1.807) is 0 Å². The lowest BCUT2D eigenvalue weighted by Crippen LogP contribution is -2.30. The minimum absolute atomic E-state index is 1.19. The zero-order valence-corrected chi connectivity index (χ0v) is 13.1. The Labute approximate surface area is 146 Å². The third-order valence-electron chi connectivity index (χ3n) is 2.31. The lowest BCUT2D eigenvalue weighted by atomic mass is 10.2. The summed E-state index contributed by atoms with van der Waals surface area (Å²) in [6.45, 7) is 0. The average Bonchev–Trinajstić information content (AvgIpc) is 2.62. The van der Waals surface area contributed by atoms with Crippen LogP contribution in [0.25, 0.3) is 12.2 Å². The van der Waals surface area contributed by atoms with Crippen LogP contribution in [0.15, 0.2) is 49.1 Å². The highest BCUT2D eigenvalue weighted by molar-refractivity contribution is 6.26. The van der Waals surface area contributed by atoms with Crippen LogP contribution in [0.1, 0.15) is 11.1 Å². The third-order valence-corrected chi connectivity index (χ3v) is 2.31. The molecule has 2 rings (SSSR count). The van der Waals surface area contributed by atoms with Crippen LogP contribution in [0.2, 0.25) is 0 Å². The lowest BCUT2D eigenvalue weighted by molar-refractivity contribution is -0.378. The van der Waals surface area contributed by atoms with Crippen molar-refractivity contribution < 1.29 is 49.6 Å². The molecule has 0 fully saturated rings. The summed E-state index contributed by atoms with van der Waals surface area (Å²) >= 11 is 0. The van der Waals surface area contributed by atoms with Crippen molar-refractivity contribution in [2.24, 2.45) is 0 Å². The molecule has 0 bridgehead atoms. The summed E-state index contributed by atoms with van der Waals surface area (Å²) in [5, 5.41) is 32.6. The molecule has 0 aliphatic heterocycles. The molecule has 0 amide bonds. The number of nitrogens with one attached hydrogen (secondary N) is 2. The largest absolute Gasteiger partial charge is 0.539 e. The van der Waals surface area contributed by atoms with Crippen molar-refractivity contribution in [2.45, 2.75) is 0 Å². The number of carbonyl (C=O) groups is 4. The van der Waals surface area contributed by atoms with E-state index in [-0.39, 0.29) is 0 Å². The minimum atomic E-state index is -2.07. The van der Waals surface area contributed by atoms with E-state index >= 15 is 0 Å². The molecular weight excluding hydrogens is 348 g/mol. The van der Waals surface area contributed by atoms with Gasteiger partial charge >= 0.3 is 11.9 Å². The molecule has 0 aliphatic carbocycles. The topological polar surface area (TPSA) is 183 Å². The fourth-order valence-corrected chi connectivity index (χ4v) is 1.21. The van der Waals surface area contributed by atoms with Gasteiger partial charge in [-0.25, -0.2) is 19.6 Å². The number of H-pyrrole nitrogens is 2. The van der Waals surface area contributed by atoms with Gasteiger partial charge in [0.25, 0.3) is 0 Å². The van der Waals surface area contributed by atoms with Crippen molar-refractivity contribution in [3.8, 4) is 0 Å². The van der Waals surface area contributed by atoms with Crippen LogP contribution >= 0.6 is 0 Å². The first kappa shape index (κ1) is 21.9. The first-order chi connectivity index (χ1) is 12.2. The fraction of sp³-hybridized carbons (Fsp3) is 0. The van der Waals surface area contributed by atoms with Gasteiger partial charge in [0.15, 0.2) is 36.7 Å². The molecule has 2 aromatic heterocycles. The van der Waals surface area contributed by atoms with Crippen LogP contribution in [0, 0.1) is 0 Å². The van der Waals surface area contributed by atoms with Gasteiger partial charge in [-0.2, -0.15) is 0 Å². The molecule has 10 nitrogen and oxygen atoms in total. The van der Waals surface area contributed by atoms with Crippen molar-refractivity contribution in [1.29, 1.82) is 0 Å². The molecule has 0 aliphatic rings. The number of aromatic amines is 2. The molecule has 0 unspecified atom stereocenters. The Morgan fingerprint density at radius 3 is 1.12 bits per heavy atom. The summed E-state index contributed by atoms with van der Waals surface area (Å²) in [7, 11) is 0. The maximum absolute atomic E-state index is 9.04. The fourth-order valence-electron chi connectivity index (χ4n) is 1.21. The number of carboxylic acid groups (broad SMARTS) is 4. The van der Waals surface area contributed by atoms with Gasteiger partial charge in [0.2, 0.25) is 0 Å². The number of rotatable bonds is 2. The van der Waals surface area contributed by atoms with E-state index in [2.05, 4.69) is 22.1 Å². The zero-order chi connectivity index (χ0) is 19.9. The van der Waals surface area contributed by atoms with Crippen molar-refractivity contribution in [3.63, 3.8) is 0 Å². The Bertz CT molecular complexity index is 671. The van der Waals surface area contributed by atoms with Gasteiger partial charge in [-0.05, 0) is 11.1 Å². The van der Waals surface area contributed by atoms with E-state index in [1.165, 1.54) is 11.1 Å². The van der Waals surface area contributed by atoms with Crippen LogP contribution in [-0.4, -0.2) is 34.1 Å². The number of aromatic nitrogens is 2. The second kappa shape index (κ2) is 12.4. The summed E-state index contributed by atoms with van der Waals surface area (Å²) < 4.78 is 0. The van der Waals surface area contributed by atoms with E-state index < -0.39 is 23.9 Å². The predicted molar refractivity (Wildman–Crippen MR) is 80.2 cm³/mol. The monoisotopic (exact) mass is 362 g/mol. The van der Waals surface area contributed by atoms with Crippen molar-refractivity contribution in [1.82, 2.24) is 0 Å². The van der Waals surface area contributed by atoms with Crippen molar-refractivity contribution >= 4 is 36.0 Å². The zero-order valence-electron chi connectivity index (χ0n) is 13.1. The van der Waals surface area contributed by atoms with Crippen molar-refractivity contribution in [3.05, 3.63) is 60.2 Å². The normalized spacial score (nSPS) is 9.08. The van der Waals surface area contributed by atoms with E-state index in [0.717, 1.165) is 0 Å². The van der Waals surface area contributed by atoms with Gasteiger partial charge in [0.05, 0.1) is 0 Å². The lowest BCUT2D eigenvalue weighted by Gasteiger charge is -1.88. The van der Waals surface area contributed by atoms with E-state index in [0.29, 0.717) is 0 Å². The molecular formula is C16H14N2O8. The van der Waals surface area contributed by atoms with Crippen LogP contribution in [0.4, 0.5) is 0 Å². The number of carbonyl (C=O) groups excluding carboxylic acids is 2. The molecule has 0 aromatic carbocycles. The van der Waals surface area contributed by atoms with Crippen LogP contribution in [0.5, 0.6) is 0 Å². The highest BCUT2D eigenvalue weighted by Crippen LogP contribution is 2.04. The molecule has 0 saturated carbocycles. The molecule has 0 radical (unpaired) electrons. The molecule has 0 spiro atoms. The Morgan fingerprint density at radius 2 is 0.923 bits per heavy atom. The maximum Gasteiger partial charge on any atom is 0.351 e. The SMILES string of the molecule is C(=C\c1cc[nH+]cc1)/c1cc[nH+]cc1.O=C([O-])C(=O)O.O=C([O-])C(=O)O. The molecule has 2 aromatic rings. The van der Waals surface area contributed by atoms with E-state index in [9.17, 15) is 0 Å². The maximum atomic E-state index is 9.04. The molecule has 4 N–H and O–H groups in total. The van der Waals surface area contributed by atoms with Gasteiger partial charge in [-0.3, -0.25) is 0 Å². The van der Waals surface area contributed by atoms with Crippen LogP contribution in [-0.2, 0) is 19.2 Å². The highest BCUT2D eigenvalue weighted by atomic mass is 16.4. The van der Waals surface area contributed by atoms with E-state index in [4.69, 9.17) is 39.6 Å². The van der Waals surface area contributed by atoms with Crippen LogP contribution in [0.3, 0.4) is 0 Å². The second-order valence-corrected chi connectivity index (χ2v) is 4.19. The molecule has 136 valence electrons. The Balaban J connectivity index is 0.000000437. The highest BCUT2D eigenvalue weighted by Gasteiger charge is 1.91. The number of hydrogen-bond donors (Lipinski definition) is 2. The molecule has 2 heterocycles. The second-order valence-electron chi connectivity index (χ2n) is 4.19. The van der Waals surface area contributed by atoms with Gasteiger partial charge in [0.1, 0.15) is 0 Å². The molecule has 0 saturated heterocycles. The average molecular weight is 362 g/mol. The van der Waals surface area contributed by atoms with Gasteiger partial charge in [-0.15, -0.1) is 0 Å². The van der Waals surface area contributed by atoms with Gasteiger partial charge in [0, 0.05) is 24.3 Å². The quantitative estimate of drug-likeness (QED) is 0.534. The first-order valence-electron chi connectivity index (χ1n) is 6.73. The first-order valence-corrected chi connectivity index (χ1v) is 6.73. The molecule has 0 atom stereocenters. The summed E-state index contributed by atoms with van der Waals surface area (Å²) in [6.07, 6.45) is 11.8. The third kappa shape index (κ3) is 11.5. The van der Waals surface area contributed by atoms with Crippen LogP contribution < -0.4 is 20.2 Å². The standard InChI is InChI=1S/C12H10N2.2C2H2O4/c1(11-3-7-13-8-4-11)2-12-5-9-14-10-6-12;2*3-1(4)2(5)6/h1-10H;2*(H,3,4)(H,5,6)/b2-1+;;. The van der Waals surface area contributed by atoms with Gasteiger partial charge in [-0.1, -0.05) is 12.2 Å². The van der Waals surface area contributed by atoms with Crippen molar-refractivity contribution in [2.75, 3.05) is 0 Å². The van der Waals surface area contributed by atoms with Gasteiger partial charge < -0.3 is 30.0 Å². The Kier molecular flexibility index (Phi) is 10.4. The smallest absolute Gasteiger partial charge is 0.351 e. The number of hydrogen-bond acceptors (Lipinski definition) is 6. The number of pyridine rings is 2. The summed E-state index contributed by atoms with van der Waals surface area (Å²) in [4.78, 5) is 42.0. The summed E-state index contributed by atoms with van der Waals surface area (Å²) in [5.41, 5.74) is 2.38. The summed E-state index contributed by atoms with van der Waals surface area (Å²) in [6, 6.07) is 8.13. The molecule has 10 heteroatoms. The minimum Gasteiger partial charge on any atom is -0.539 e.